The van der Waals surface area contributed by atoms with E-state index in [0.717, 1.165) is 32.7 Å². The van der Waals surface area contributed by atoms with Crippen LogP contribution in [0.3, 0.4) is 0 Å². The Bertz CT molecular complexity index is 271. The second-order valence-corrected chi connectivity index (χ2v) is 5.90. The normalized spacial score (nSPS) is 24.3. The average Bonchev–Trinajstić information content (AvgIpc) is 3.14. The van der Waals surface area contributed by atoms with E-state index < -0.39 is 0 Å². The Balaban J connectivity index is 1.79. The quantitative estimate of drug-likeness (QED) is 0.779. The number of carbonyl (C=O) groups excluding carboxylic acids is 1. The molecule has 1 atom stereocenters. The third kappa shape index (κ3) is 4.25. The molecule has 2 aliphatic rings. The third-order valence-corrected chi connectivity index (χ3v) is 3.66. The molecule has 2 rings (SSSR count). The highest BCUT2D eigenvalue weighted by molar-refractivity contribution is 5.77. The molecule has 1 unspecified atom stereocenters. The van der Waals surface area contributed by atoms with E-state index in [1.807, 2.05) is 0 Å². The minimum Gasteiger partial charge on any atom is -0.375 e. The smallest absolute Gasteiger partial charge is 0.225 e. The fraction of sp³-hybridized carbons (Fsp3) is 0.929. The SMILES string of the molecule is CC(C)CCN(C(=O)CC1CNCCO1)C1CC1. The maximum Gasteiger partial charge on any atom is 0.225 e. The minimum absolute atomic E-state index is 0.0755. The molecule has 1 heterocycles. The van der Waals surface area contributed by atoms with Crippen molar-refractivity contribution in [2.45, 2.75) is 51.7 Å². The second kappa shape index (κ2) is 6.53. The maximum absolute atomic E-state index is 12.3. The zero-order chi connectivity index (χ0) is 13.0. The molecule has 0 aromatic heterocycles. The van der Waals surface area contributed by atoms with Crippen molar-refractivity contribution < 1.29 is 9.53 Å². The molecule has 1 saturated heterocycles. The topological polar surface area (TPSA) is 41.6 Å². The molecule has 1 aliphatic carbocycles. The lowest BCUT2D eigenvalue weighted by molar-refractivity contribution is -0.135. The Kier molecular flexibility index (Phi) is 5.01. The third-order valence-electron chi connectivity index (χ3n) is 3.66. The first kappa shape index (κ1) is 13.8. The fourth-order valence-corrected chi connectivity index (χ4v) is 2.36. The number of rotatable bonds is 6. The van der Waals surface area contributed by atoms with Gasteiger partial charge in [-0.25, -0.2) is 0 Å². The van der Waals surface area contributed by atoms with Crippen LogP contribution in [0.2, 0.25) is 0 Å². The summed E-state index contributed by atoms with van der Waals surface area (Å²) in [5.74, 6) is 0.943. The van der Waals surface area contributed by atoms with Crippen molar-refractivity contribution >= 4 is 5.91 Å². The molecule has 0 aromatic rings. The van der Waals surface area contributed by atoms with Crippen molar-refractivity contribution in [3.05, 3.63) is 0 Å². The molecule has 104 valence electrons. The summed E-state index contributed by atoms with van der Waals surface area (Å²) in [6, 6.07) is 0.521. The first-order chi connectivity index (χ1) is 8.66. The first-order valence-electron chi connectivity index (χ1n) is 7.28. The summed E-state index contributed by atoms with van der Waals surface area (Å²) in [4.78, 5) is 14.4. The van der Waals surface area contributed by atoms with Crippen LogP contribution < -0.4 is 5.32 Å². The van der Waals surface area contributed by atoms with E-state index in [0.29, 0.717) is 18.4 Å². The number of hydrogen-bond donors (Lipinski definition) is 1. The van der Waals surface area contributed by atoms with Gasteiger partial charge in [-0.3, -0.25) is 4.79 Å². The van der Waals surface area contributed by atoms with Crippen LogP contribution in [0.5, 0.6) is 0 Å². The van der Waals surface area contributed by atoms with Gasteiger partial charge in [-0.15, -0.1) is 0 Å². The Morgan fingerprint density at radius 3 is 2.78 bits per heavy atom. The molecule has 0 bridgehead atoms. The fourth-order valence-electron chi connectivity index (χ4n) is 2.36. The van der Waals surface area contributed by atoms with Crippen LogP contribution >= 0.6 is 0 Å². The zero-order valence-corrected chi connectivity index (χ0v) is 11.7. The monoisotopic (exact) mass is 254 g/mol. The predicted octanol–water partition coefficient (Wildman–Crippen LogP) is 1.40. The number of amides is 1. The molecule has 0 radical (unpaired) electrons. The van der Waals surface area contributed by atoms with Crippen LogP contribution in [-0.2, 0) is 9.53 Å². The van der Waals surface area contributed by atoms with E-state index in [-0.39, 0.29) is 12.0 Å². The number of carbonyl (C=O) groups is 1. The predicted molar refractivity (Wildman–Crippen MR) is 71.4 cm³/mol. The van der Waals surface area contributed by atoms with Gasteiger partial charge in [-0.2, -0.15) is 0 Å². The average molecular weight is 254 g/mol. The van der Waals surface area contributed by atoms with E-state index in [1.165, 1.54) is 12.8 Å². The van der Waals surface area contributed by atoms with Crippen LogP contribution in [0, 0.1) is 5.92 Å². The Labute approximate surface area is 110 Å². The number of morpholine rings is 1. The summed E-state index contributed by atoms with van der Waals surface area (Å²) in [6.45, 7) is 7.79. The van der Waals surface area contributed by atoms with Crippen molar-refractivity contribution in [3.8, 4) is 0 Å². The van der Waals surface area contributed by atoms with Gasteiger partial charge in [0.15, 0.2) is 0 Å². The maximum atomic E-state index is 12.3. The van der Waals surface area contributed by atoms with Gasteiger partial charge < -0.3 is 15.0 Å². The van der Waals surface area contributed by atoms with Gasteiger partial charge in [-0.1, -0.05) is 13.8 Å². The first-order valence-corrected chi connectivity index (χ1v) is 7.28. The molecule has 4 nitrogen and oxygen atoms in total. The highest BCUT2D eigenvalue weighted by atomic mass is 16.5. The van der Waals surface area contributed by atoms with Gasteiger partial charge in [0, 0.05) is 25.7 Å². The molecule has 1 aliphatic heterocycles. The summed E-state index contributed by atoms with van der Waals surface area (Å²) in [7, 11) is 0. The van der Waals surface area contributed by atoms with E-state index >= 15 is 0 Å². The number of nitrogens with one attached hydrogen (secondary N) is 1. The number of ether oxygens (including phenoxy) is 1. The van der Waals surface area contributed by atoms with Gasteiger partial charge in [-0.05, 0) is 25.2 Å². The van der Waals surface area contributed by atoms with Crippen molar-refractivity contribution in [3.63, 3.8) is 0 Å². The molecular weight excluding hydrogens is 228 g/mol. The van der Waals surface area contributed by atoms with Crippen LogP contribution in [0.25, 0.3) is 0 Å². The lowest BCUT2D eigenvalue weighted by Gasteiger charge is -2.28. The highest BCUT2D eigenvalue weighted by Crippen LogP contribution is 2.28. The molecule has 0 spiro atoms. The van der Waals surface area contributed by atoms with Crippen molar-refractivity contribution in [1.29, 1.82) is 0 Å². The van der Waals surface area contributed by atoms with Crippen LogP contribution in [-0.4, -0.2) is 49.2 Å². The zero-order valence-electron chi connectivity index (χ0n) is 11.7. The standard InChI is InChI=1S/C14H26N2O2/c1-11(2)5-7-16(12-3-4-12)14(17)9-13-10-15-6-8-18-13/h11-13,15H,3-10H2,1-2H3. The van der Waals surface area contributed by atoms with Gasteiger partial charge in [0.05, 0.1) is 19.1 Å². The molecule has 1 saturated carbocycles. The van der Waals surface area contributed by atoms with Crippen molar-refractivity contribution in [2.75, 3.05) is 26.2 Å². The molecule has 0 aromatic carbocycles. The summed E-state index contributed by atoms with van der Waals surface area (Å²) in [6.07, 6.45) is 4.10. The Hall–Kier alpha value is -0.610. The summed E-state index contributed by atoms with van der Waals surface area (Å²) in [5, 5.41) is 3.28. The van der Waals surface area contributed by atoms with Crippen molar-refractivity contribution in [1.82, 2.24) is 10.2 Å². The number of nitrogens with zero attached hydrogens (tertiary/aromatic N) is 1. The van der Waals surface area contributed by atoms with Gasteiger partial charge in [0.1, 0.15) is 0 Å². The Morgan fingerprint density at radius 2 is 2.22 bits per heavy atom. The highest BCUT2D eigenvalue weighted by Gasteiger charge is 2.33. The minimum atomic E-state index is 0.0755. The van der Waals surface area contributed by atoms with Gasteiger partial charge in [0.25, 0.3) is 0 Å². The lowest BCUT2D eigenvalue weighted by Crippen LogP contribution is -2.43. The van der Waals surface area contributed by atoms with E-state index in [9.17, 15) is 4.79 Å². The van der Waals surface area contributed by atoms with E-state index in [1.54, 1.807) is 0 Å². The molecule has 4 heteroatoms. The van der Waals surface area contributed by atoms with Gasteiger partial charge >= 0.3 is 0 Å². The largest absolute Gasteiger partial charge is 0.375 e. The van der Waals surface area contributed by atoms with Gasteiger partial charge in [0.2, 0.25) is 5.91 Å². The lowest BCUT2D eigenvalue weighted by atomic mass is 10.1. The Morgan fingerprint density at radius 1 is 1.44 bits per heavy atom. The van der Waals surface area contributed by atoms with Crippen LogP contribution in [0.15, 0.2) is 0 Å². The van der Waals surface area contributed by atoms with E-state index in [2.05, 4.69) is 24.1 Å². The van der Waals surface area contributed by atoms with Crippen LogP contribution in [0.1, 0.15) is 39.5 Å². The summed E-state index contributed by atoms with van der Waals surface area (Å²) < 4.78 is 5.61. The van der Waals surface area contributed by atoms with Crippen molar-refractivity contribution in [2.24, 2.45) is 5.92 Å². The molecular formula is C14H26N2O2. The molecule has 1 amide bonds. The second-order valence-electron chi connectivity index (χ2n) is 5.90. The summed E-state index contributed by atoms with van der Waals surface area (Å²) >= 11 is 0. The number of hydrogen-bond acceptors (Lipinski definition) is 3. The summed E-state index contributed by atoms with van der Waals surface area (Å²) in [5.41, 5.74) is 0. The molecule has 18 heavy (non-hydrogen) atoms. The molecule has 1 N–H and O–H groups in total. The van der Waals surface area contributed by atoms with Crippen LogP contribution in [0.4, 0.5) is 0 Å². The molecule has 2 fully saturated rings. The van der Waals surface area contributed by atoms with E-state index in [4.69, 9.17) is 4.74 Å².